The molecule has 0 aliphatic heterocycles. The minimum atomic E-state index is 0.173. The van der Waals surface area contributed by atoms with E-state index in [0.717, 1.165) is 25.7 Å². The first kappa shape index (κ1) is 12.3. The van der Waals surface area contributed by atoms with Gasteiger partial charge in [-0.05, 0) is 38.0 Å². The molecule has 1 unspecified atom stereocenters. The van der Waals surface area contributed by atoms with Crippen LogP contribution < -0.4 is 5.73 Å². The SMILES string of the molecule is COCCN(C1CC1)C(C)(CN)C1(C)CC1. The summed E-state index contributed by atoms with van der Waals surface area (Å²) >= 11 is 0. The maximum atomic E-state index is 6.09. The number of rotatable bonds is 7. The third-order valence-corrected chi connectivity index (χ3v) is 4.86. The van der Waals surface area contributed by atoms with Crippen LogP contribution in [0.15, 0.2) is 0 Å². The van der Waals surface area contributed by atoms with Crippen molar-refractivity contribution in [3.05, 3.63) is 0 Å². The molecule has 3 heteroatoms. The lowest BCUT2D eigenvalue weighted by molar-refractivity contribution is 0.0186. The van der Waals surface area contributed by atoms with Crippen molar-refractivity contribution in [2.45, 2.75) is 51.1 Å². The third-order valence-electron chi connectivity index (χ3n) is 4.86. The summed E-state index contributed by atoms with van der Waals surface area (Å²) < 4.78 is 5.24. The van der Waals surface area contributed by atoms with Crippen molar-refractivity contribution in [2.24, 2.45) is 11.1 Å². The van der Waals surface area contributed by atoms with E-state index in [1.165, 1.54) is 25.7 Å². The number of ether oxygens (including phenoxy) is 1. The molecule has 0 amide bonds. The first-order valence-electron chi connectivity index (χ1n) is 6.53. The van der Waals surface area contributed by atoms with Crippen molar-refractivity contribution in [1.82, 2.24) is 4.90 Å². The molecule has 2 aliphatic rings. The lowest BCUT2D eigenvalue weighted by atomic mass is 9.81. The molecule has 2 aliphatic carbocycles. The van der Waals surface area contributed by atoms with Gasteiger partial charge in [0.05, 0.1) is 6.61 Å². The van der Waals surface area contributed by atoms with Crippen LogP contribution in [0, 0.1) is 5.41 Å². The summed E-state index contributed by atoms with van der Waals surface area (Å²) in [5, 5.41) is 0. The second-order valence-electron chi connectivity index (χ2n) is 5.96. The van der Waals surface area contributed by atoms with Gasteiger partial charge in [-0.25, -0.2) is 0 Å². The van der Waals surface area contributed by atoms with E-state index in [1.807, 2.05) is 0 Å². The van der Waals surface area contributed by atoms with Gasteiger partial charge in [0.1, 0.15) is 0 Å². The van der Waals surface area contributed by atoms with E-state index >= 15 is 0 Å². The van der Waals surface area contributed by atoms with Crippen LogP contribution in [0.25, 0.3) is 0 Å². The minimum Gasteiger partial charge on any atom is -0.383 e. The molecule has 0 saturated heterocycles. The van der Waals surface area contributed by atoms with Gasteiger partial charge in [-0.3, -0.25) is 4.90 Å². The van der Waals surface area contributed by atoms with Crippen molar-refractivity contribution < 1.29 is 4.74 Å². The van der Waals surface area contributed by atoms with Crippen molar-refractivity contribution in [3.63, 3.8) is 0 Å². The molecule has 0 heterocycles. The second kappa shape index (κ2) is 4.28. The molecule has 0 spiro atoms. The number of nitrogens with zero attached hydrogens (tertiary/aromatic N) is 1. The Hall–Kier alpha value is -0.120. The highest BCUT2D eigenvalue weighted by Crippen LogP contribution is 2.57. The zero-order chi connectivity index (χ0) is 11.8. The average molecular weight is 226 g/mol. The highest BCUT2D eigenvalue weighted by atomic mass is 16.5. The maximum absolute atomic E-state index is 6.09. The summed E-state index contributed by atoms with van der Waals surface area (Å²) in [6.45, 7) is 7.37. The van der Waals surface area contributed by atoms with E-state index in [-0.39, 0.29) is 5.54 Å². The van der Waals surface area contributed by atoms with E-state index in [2.05, 4.69) is 18.7 Å². The first-order chi connectivity index (χ1) is 7.57. The van der Waals surface area contributed by atoms with Crippen LogP contribution in [0.2, 0.25) is 0 Å². The highest BCUT2D eigenvalue weighted by molar-refractivity contribution is 5.12. The van der Waals surface area contributed by atoms with Crippen LogP contribution in [-0.4, -0.2) is 43.3 Å². The summed E-state index contributed by atoms with van der Waals surface area (Å²) in [7, 11) is 1.78. The fourth-order valence-electron chi connectivity index (χ4n) is 2.84. The van der Waals surface area contributed by atoms with E-state index in [4.69, 9.17) is 10.5 Å². The monoisotopic (exact) mass is 226 g/mol. The minimum absolute atomic E-state index is 0.173. The fourth-order valence-corrected chi connectivity index (χ4v) is 2.84. The maximum Gasteiger partial charge on any atom is 0.0590 e. The molecule has 1 atom stereocenters. The molecule has 0 bridgehead atoms. The van der Waals surface area contributed by atoms with Gasteiger partial charge in [-0.15, -0.1) is 0 Å². The third kappa shape index (κ3) is 2.01. The molecule has 16 heavy (non-hydrogen) atoms. The van der Waals surface area contributed by atoms with Crippen LogP contribution in [0.3, 0.4) is 0 Å². The van der Waals surface area contributed by atoms with Crippen LogP contribution in [0.5, 0.6) is 0 Å². The number of hydrogen-bond acceptors (Lipinski definition) is 3. The van der Waals surface area contributed by atoms with Gasteiger partial charge in [-0.1, -0.05) is 6.92 Å². The summed E-state index contributed by atoms with van der Waals surface area (Å²) in [4.78, 5) is 2.63. The second-order valence-corrected chi connectivity index (χ2v) is 5.96. The lowest BCUT2D eigenvalue weighted by Crippen LogP contribution is -2.58. The molecule has 2 fully saturated rings. The Bertz CT molecular complexity index is 248. The molecule has 0 aromatic rings. The molecule has 0 aromatic heterocycles. The Morgan fingerprint density at radius 1 is 1.44 bits per heavy atom. The van der Waals surface area contributed by atoms with Crippen LogP contribution in [0.1, 0.15) is 39.5 Å². The normalized spacial score (nSPS) is 26.8. The van der Waals surface area contributed by atoms with Crippen LogP contribution in [0.4, 0.5) is 0 Å². The van der Waals surface area contributed by atoms with Crippen molar-refractivity contribution >= 4 is 0 Å². The first-order valence-corrected chi connectivity index (χ1v) is 6.53. The highest BCUT2D eigenvalue weighted by Gasteiger charge is 2.57. The molecule has 2 N–H and O–H groups in total. The summed E-state index contributed by atoms with van der Waals surface area (Å²) in [5.41, 5.74) is 6.70. The Kier molecular flexibility index (Phi) is 3.30. The molecule has 0 aromatic carbocycles. The topological polar surface area (TPSA) is 38.5 Å². The van der Waals surface area contributed by atoms with Crippen LogP contribution in [-0.2, 0) is 4.74 Å². The van der Waals surface area contributed by atoms with Crippen molar-refractivity contribution in [3.8, 4) is 0 Å². The molecule has 2 rings (SSSR count). The lowest BCUT2D eigenvalue weighted by Gasteiger charge is -2.46. The number of nitrogens with two attached hydrogens (primary N) is 1. The van der Waals surface area contributed by atoms with Gasteiger partial charge in [-0.2, -0.15) is 0 Å². The molecular formula is C13H26N2O. The van der Waals surface area contributed by atoms with E-state index in [9.17, 15) is 0 Å². The summed E-state index contributed by atoms with van der Waals surface area (Å²) in [6, 6.07) is 0.765. The van der Waals surface area contributed by atoms with Crippen molar-refractivity contribution in [2.75, 3.05) is 26.8 Å². The molecule has 94 valence electrons. The number of methoxy groups -OCH3 is 1. The molecule has 2 saturated carbocycles. The summed E-state index contributed by atoms with van der Waals surface area (Å²) in [5.74, 6) is 0. The van der Waals surface area contributed by atoms with Gasteiger partial charge < -0.3 is 10.5 Å². The Labute approximate surface area is 99.3 Å². The van der Waals surface area contributed by atoms with E-state index in [0.29, 0.717) is 5.41 Å². The van der Waals surface area contributed by atoms with Gasteiger partial charge in [0.2, 0.25) is 0 Å². The predicted molar refractivity (Wildman–Crippen MR) is 66.4 cm³/mol. The molecule has 0 radical (unpaired) electrons. The Morgan fingerprint density at radius 2 is 2.06 bits per heavy atom. The predicted octanol–water partition coefficient (Wildman–Crippen LogP) is 1.61. The molecule has 3 nitrogen and oxygen atoms in total. The van der Waals surface area contributed by atoms with Gasteiger partial charge >= 0.3 is 0 Å². The quantitative estimate of drug-likeness (QED) is 0.717. The zero-order valence-electron chi connectivity index (χ0n) is 11.0. The van der Waals surface area contributed by atoms with Crippen LogP contribution >= 0.6 is 0 Å². The van der Waals surface area contributed by atoms with Gasteiger partial charge in [0.15, 0.2) is 0 Å². The fraction of sp³-hybridized carbons (Fsp3) is 1.00. The summed E-state index contributed by atoms with van der Waals surface area (Å²) in [6.07, 6.45) is 5.35. The smallest absolute Gasteiger partial charge is 0.0590 e. The number of hydrogen-bond donors (Lipinski definition) is 1. The molecular weight excluding hydrogens is 200 g/mol. The largest absolute Gasteiger partial charge is 0.383 e. The van der Waals surface area contributed by atoms with E-state index in [1.54, 1.807) is 7.11 Å². The van der Waals surface area contributed by atoms with Gasteiger partial charge in [0.25, 0.3) is 0 Å². The Balaban J connectivity index is 2.09. The van der Waals surface area contributed by atoms with Gasteiger partial charge in [0, 0.05) is 31.8 Å². The Morgan fingerprint density at radius 3 is 2.44 bits per heavy atom. The zero-order valence-corrected chi connectivity index (χ0v) is 11.0. The average Bonchev–Trinajstić information content (AvgIpc) is 3.14. The standard InChI is InChI=1S/C13H26N2O/c1-12(6-7-12)13(2,10-14)15(8-9-16-3)11-4-5-11/h11H,4-10,14H2,1-3H3. The van der Waals surface area contributed by atoms with Crippen molar-refractivity contribution in [1.29, 1.82) is 0 Å². The van der Waals surface area contributed by atoms with E-state index < -0.39 is 0 Å².